The van der Waals surface area contributed by atoms with Crippen molar-refractivity contribution in [1.29, 1.82) is 0 Å². The van der Waals surface area contributed by atoms with E-state index in [9.17, 15) is 4.39 Å². The summed E-state index contributed by atoms with van der Waals surface area (Å²) in [4.78, 5) is 0. The third-order valence-electron chi connectivity index (χ3n) is 4.18. The number of halogens is 1. The van der Waals surface area contributed by atoms with E-state index in [-0.39, 0.29) is 5.82 Å². The first-order chi connectivity index (χ1) is 9.15. The molecule has 0 saturated heterocycles. The van der Waals surface area contributed by atoms with Crippen LogP contribution in [0.4, 0.5) is 10.1 Å². The zero-order valence-corrected chi connectivity index (χ0v) is 11.9. The molecule has 0 bridgehead atoms. The lowest BCUT2D eigenvalue weighted by molar-refractivity contribution is 0.00778. The van der Waals surface area contributed by atoms with Crippen molar-refractivity contribution in [2.75, 3.05) is 18.5 Å². The number of benzene rings is 1. The smallest absolute Gasteiger partial charge is 0.123 e. The van der Waals surface area contributed by atoms with Crippen molar-refractivity contribution in [3.63, 3.8) is 0 Å². The highest BCUT2D eigenvalue weighted by Gasteiger charge is 2.24. The van der Waals surface area contributed by atoms with Gasteiger partial charge >= 0.3 is 0 Å². The lowest BCUT2D eigenvalue weighted by Crippen LogP contribution is -2.28. The molecule has 1 aromatic carbocycles. The maximum Gasteiger partial charge on any atom is 0.123 e. The van der Waals surface area contributed by atoms with Crippen LogP contribution in [0.1, 0.15) is 33.1 Å². The van der Waals surface area contributed by atoms with Crippen LogP contribution in [0.15, 0.2) is 24.3 Å². The Morgan fingerprint density at radius 1 is 1.16 bits per heavy atom. The molecule has 1 aliphatic carbocycles. The summed E-state index contributed by atoms with van der Waals surface area (Å²) in [5, 5.41) is 3.24. The monoisotopic (exact) mass is 265 g/mol. The highest BCUT2D eigenvalue weighted by Crippen LogP contribution is 2.30. The highest BCUT2D eigenvalue weighted by molar-refractivity contribution is 5.42. The van der Waals surface area contributed by atoms with Gasteiger partial charge in [-0.2, -0.15) is 0 Å². The van der Waals surface area contributed by atoms with E-state index >= 15 is 0 Å². The first kappa shape index (κ1) is 14.3. The maximum atomic E-state index is 12.7. The standard InChI is InChI=1S/C16H24FNO/c1-12-3-8-16(11-13(12)2)19-10-9-18-15-6-4-14(17)5-7-15/h4-7,12-13,16,18H,3,8-11H2,1-2H3. The number of rotatable bonds is 5. The van der Waals surface area contributed by atoms with Gasteiger partial charge in [-0.25, -0.2) is 4.39 Å². The normalized spacial score (nSPS) is 27.2. The van der Waals surface area contributed by atoms with Crippen molar-refractivity contribution < 1.29 is 9.13 Å². The summed E-state index contributed by atoms with van der Waals surface area (Å²) in [5.74, 6) is 1.40. The molecule has 0 radical (unpaired) electrons. The Morgan fingerprint density at radius 2 is 1.89 bits per heavy atom. The Labute approximate surface area is 115 Å². The van der Waals surface area contributed by atoms with Crippen LogP contribution in [0.2, 0.25) is 0 Å². The Balaban J connectivity index is 1.63. The minimum Gasteiger partial charge on any atom is -0.383 e. The van der Waals surface area contributed by atoms with E-state index in [1.165, 1.54) is 31.4 Å². The highest BCUT2D eigenvalue weighted by atomic mass is 19.1. The predicted molar refractivity (Wildman–Crippen MR) is 76.8 cm³/mol. The molecule has 3 unspecified atom stereocenters. The molecule has 0 aliphatic heterocycles. The van der Waals surface area contributed by atoms with Crippen LogP contribution >= 0.6 is 0 Å². The van der Waals surface area contributed by atoms with Crippen molar-refractivity contribution >= 4 is 5.69 Å². The fourth-order valence-corrected chi connectivity index (χ4v) is 2.64. The average molecular weight is 265 g/mol. The average Bonchev–Trinajstić information content (AvgIpc) is 2.41. The number of hydrogen-bond donors (Lipinski definition) is 1. The fraction of sp³-hybridized carbons (Fsp3) is 0.625. The first-order valence-electron chi connectivity index (χ1n) is 7.26. The van der Waals surface area contributed by atoms with Gasteiger partial charge in [-0.15, -0.1) is 0 Å². The van der Waals surface area contributed by atoms with Gasteiger partial charge in [0.05, 0.1) is 12.7 Å². The van der Waals surface area contributed by atoms with E-state index in [0.717, 1.165) is 24.1 Å². The van der Waals surface area contributed by atoms with Crippen molar-refractivity contribution in [2.24, 2.45) is 11.8 Å². The molecule has 1 aliphatic rings. The second kappa shape index (κ2) is 6.90. The van der Waals surface area contributed by atoms with E-state index in [0.29, 0.717) is 12.7 Å². The Hall–Kier alpha value is -1.09. The van der Waals surface area contributed by atoms with Gasteiger partial charge in [0, 0.05) is 12.2 Å². The zero-order valence-electron chi connectivity index (χ0n) is 11.9. The van der Waals surface area contributed by atoms with Gasteiger partial charge in [-0.3, -0.25) is 0 Å². The van der Waals surface area contributed by atoms with Crippen LogP contribution in [0.25, 0.3) is 0 Å². The minimum atomic E-state index is -0.202. The molecule has 106 valence electrons. The van der Waals surface area contributed by atoms with Gasteiger partial charge in [0.15, 0.2) is 0 Å². The van der Waals surface area contributed by atoms with Crippen molar-refractivity contribution in [1.82, 2.24) is 0 Å². The van der Waals surface area contributed by atoms with E-state index in [1.54, 1.807) is 12.1 Å². The summed E-state index contributed by atoms with van der Waals surface area (Å²) >= 11 is 0. The van der Waals surface area contributed by atoms with Gasteiger partial charge in [0.25, 0.3) is 0 Å². The topological polar surface area (TPSA) is 21.3 Å². The molecular formula is C16H24FNO. The van der Waals surface area contributed by atoms with Crippen molar-refractivity contribution in [3.8, 4) is 0 Å². The molecule has 2 rings (SSSR count). The minimum absolute atomic E-state index is 0.202. The summed E-state index contributed by atoms with van der Waals surface area (Å²) in [6.45, 7) is 6.13. The Kier molecular flexibility index (Phi) is 5.20. The first-order valence-corrected chi connectivity index (χ1v) is 7.26. The Bertz CT molecular complexity index is 379. The fourth-order valence-electron chi connectivity index (χ4n) is 2.64. The number of ether oxygens (including phenoxy) is 1. The zero-order chi connectivity index (χ0) is 13.7. The summed E-state index contributed by atoms with van der Waals surface area (Å²) < 4.78 is 18.6. The molecule has 0 amide bonds. The molecule has 1 saturated carbocycles. The van der Waals surface area contributed by atoms with Crippen LogP contribution in [0.5, 0.6) is 0 Å². The van der Waals surface area contributed by atoms with E-state index in [1.807, 2.05) is 0 Å². The lowest BCUT2D eigenvalue weighted by atomic mass is 9.80. The van der Waals surface area contributed by atoms with Crippen molar-refractivity contribution in [2.45, 2.75) is 39.2 Å². The third-order valence-corrected chi connectivity index (χ3v) is 4.18. The van der Waals surface area contributed by atoms with Crippen molar-refractivity contribution in [3.05, 3.63) is 30.1 Å². The summed E-state index contributed by atoms with van der Waals surface area (Å²) in [6, 6.07) is 6.43. The quantitative estimate of drug-likeness (QED) is 0.810. The molecule has 19 heavy (non-hydrogen) atoms. The van der Waals surface area contributed by atoms with Gasteiger partial charge in [-0.05, 0) is 55.4 Å². The molecule has 1 aromatic rings. The molecule has 2 nitrogen and oxygen atoms in total. The number of anilines is 1. The van der Waals surface area contributed by atoms with Gasteiger partial charge in [0.2, 0.25) is 0 Å². The van der Waals surface area contributed by atoms with Gasteiger partial charge in [0.1, 0.15) is 5.82 Å². The molecule has 0 heterocycles. The molecule has 1 N–H and O–H groups in total. The van der Waals surface area contributed by atoms with Crippen LogP contribution in [0, 0.1) is 17.7 Å². The molecular weight excluding hydrogens is 241 g/mol. The maximum absolute atomic E-state index is 12.7. The molecule has 3 atom stereocenters. The lowest BCUT2D eigenvalue weighted by Gasteiger charge is -2.32. The summed E-state index contributed by atoms with van der Waals surface area (Å²) in [5.41, 5.74) is 0.940. The van der Waals surface area contributed by atoms with E-state index < -0.39 is 0 Å². The second-order valence-electron chi connectivity index (χ2n) is 5.69. The second-order valence-corrected chi connectivity index (χ2v) is 5.69. The SMILES string of the molecule is CC1CCC(OCCNc2ccc(F)cc2)CC1C. The van der Waals surface area contributed by atoms with Gasteiger partial charge in [-0.1, -0.05) is 13.8 Å². The van der Waals surface area contributed by atoms with Gasteiger partial charge < -0.3 is 10.1 Å². The summed E-state index contributed by atoms with van der Waals surface area (Å²) in [7, 11) is 0. The summed E-state index contributed by atoms with van der Waals surface area (Å²) in [6.07, 6.45) is 4.05. The molecule has 0 aromatic heterocycles. The van der Waals surface area contributed by atoms with E-state index in [2.05, 4.69) is 19.2 Å². The molecule has 0 spiro atoms. The predicted octanol–water partition coefficient (Wildman–Crippen LogP) is 4.08. The molecule has 1 fully saturated rings. The third kappa shape index (κ3) is 4.50. The van der Waals surface area contributed by atoms with Crippen LogP contribution in [-0.2, 0) is 4.74 Å². The number of nitrogens with one attached hydrogen (secondary N) is 1. The number of hydrogen-bond acceptors (Lipinski definition) is 2. The molecule has 3 heteroatoms. The van der Waals surface area contributed by atoms with E-state index in [4.69, 9.17) is 4.74 Å². The van der Waals surface area contributed by atoms with Crippen LogP contribution < -0.4 is 5.32 Å². The van der Waals surface area contributed by atoms with Crippen LogP contribution in [0.3, 0.4) is 0 Å². The Morgan fingerprint density at radius 3 is 2.58 bits per heavy atom. The largest absolute Gasteiger partial charge is 0.383 e. The van der Waals surface area contributed by atoms with Crippen LogP contribution in [-0.4, -0.2) is 19.3 Å².